The zero-order valence-corrected chi connectivity index (χ0v) is 27.7. The molecule has 12 heteroatoms. The van der Waals surface area contributed by atoms with Crippen LogP contribution in [0.4, 0.5) is 21.0 Å². The molecule has 1 heterocycles. The fourth-order valence-electron chi connectivity index (χ4n) is 4.50. The van der Waals surface area contributed by atoms with Crippen LogP contribution >= 0.6 is 11.8 Å². The van der Waals surface area contributed by atoms with Gasteiger partial charge in [0, 0.05) is 18.7 Å². The summed E-state index contributed by atoms with van der Waals surface area (Å²) in [5.74, 6) is 0.709. The van der Waals surface area contributed by atoms with E-state index < -0.39 is 22.9 Å². The van der Waals surface area contributed by atoms with E-state index in [4.69, 9.17) is 14.2 Å². The van der Waals surface area contributed by atoms with Crippen LogP contribution < -0.4 is 25.0 Å². The standard InChI is InChI=1S/C34H39N3O8S/c1-33(2,3)24-17-22(13-15-27(24)38)44-23-12-14-25(26(18-23)37(7)32(42)45-34(4,5)6)35-29(39)19-43-21-10-8-20(9-11-21)16-28-30(40)36-31(41)46-28/h8-15,17-18,28,38H,16,19H2,1-7H3,(H,35,39)(H,36,40,41). The van der Waals surface area contributed by atoms with Gasteiger partial charge in [0.05, 0.1) is 16.6 Å². The van der Waals surface area contributed by atoms with Crippen LogP contribution in [0.25, 0.3) is 0 Å². The van der Waals surface area contributed by atoms with Crippen LogP contribution in [-0.4, -0.2) is 52.8 Å². The maximum absolute atomic E-state index is 13.0. The Morgan fingerprint density at radius 1 is 0.935 bits per heavy atom. The minimum Gasteiger partial charge on any atom is -0.508 e. The van der Waals surface area contributed by atoms with Crippen LogP contribution in [0.2, 0.25) is 0 Å². The molecule has 11 nitrogen and oxygen atoms in total. The first-order valence-corrected chi connectivity index (χ1v) is 15.5. The van der Waals surface area contributed by atoms with E-state index in [9.17, 15) is 24.3 Å². The summed E-state index contributed by atoms with van der Waals surface area (Å²) in [7, 11) is 1.53. The molecule has 0 aliphatic carbocycles. The number of aromatic hydroxyl groups is 1. The third kappa shape index (κ3) is 9.16. The van der Waals surface area contributed by atoms with Crippen molar-refractivity contribution in [1.29, 1.82) is 0 Å². The Morgan fingerprint density at radius 2 is 1.57 bits per heavy atom. The fourth-order valence-corrected chi connectivity index (χ4v) is 5.36. The lowest BCUT2D eigenvalue weighted by Crippen LogP contribution is -2.34. The lowest BCUT2D eigenvalue weighted by molar-refractivity contribution is -0.119. The number of hydrogen-bond donors (Lipinski definition) is 3. The molecule has 0 saturated carbocycles. The number of thioether (sulfide) groups is 1. The average Bonchev–Trinajstić information content (AvgIpc) is 3.28. The molecule has 4 amide bonds. The van der Waals surface area contributed by atoms with E-state index in [-0.39, 0.29) is 28.9 Å². The van der Waals surface area contributed by atoms with E-state index in [1.165, 1.54) is 11.9 Å². The predicted molar refractivity (Wildman–Crippen MR) is 177 cm³/mol. The largest absolute Gasteiger partial charge is 0.508 e. The van der Waals surface area contributed by atoms with Gasteiger partial charge in [0.2, 0.25) is 5.91 Å². The lowest BCUT2D eigenvalue weighted by atomic mass is 9.86. The minimum absolute atomic E-state index is 0.163. The summed E-state index contributed by atoms with van der Waals surface area (Å²) in [6.07, 6.45) is -0.241. The third-order valence-electron chi connectivity index (χ3n) is 6.77. The van der Waals surface area contributed by atoms with Gasteiger partial charge >= 0.3 is 6.09 Å². The van der Waals surface area contributed by atoms with Crippen molar-refractivity contribution in [2.75, 3.05) is 23.9 Å². The molecular formula is C34H39N3O8S. The number of carbonyl (C=O) groups is 4. The van der Waals surface area contributed by atoms with Gasteiger partial charge in [-0.3, -0.25) is 24.6 Å². The molecule has 46 heavy (non-hydrogen) atoms. The van der Waals surface area contributed by atoms with Crippen LogP contribution in [0.3, 0.4) is 0 Å². The number of carbonyl (C=O) groups excluding carboxylic acids is 4. The van der Waals surface area contributed by atoms with Gasteiger partial charge in [-0.15, -0.1) is 0 Å². The first-order chi connectivity index (χ1) is 21.5. The van der Waals surface area contributed by atoms with Gasteiger partial charge in [-0.1, -0.05) is 44.7 Å². The molecule has 3 N–H and O–H groups in total. The molecule has 4 rings (SSSR count). The Balaban J connectivity index is 1.48. The second kappa shape index (κ2) is 13.7. The number of phenolic OH excluding ortho intramolecular Hbond substituents is 1. The van der Waals surface area contributed by atoms with Crippen LogP contribution in [0.5, 0.6) is 23.0 Å². The summed E-state index contributed by atoms with van der Waals surface area (Å²) in [5.41, 5.74) is 1.14. The van der Waals surface area contributed by atoms with E-state index in [1.54, 1.807) is 81.4 Å². The van der Waals surface area contributed by atoms with Crippen LogP contribution in [0.1, 0.15) is 52.7 Å². The van der Waals surface area contributed by atoms with Crippen molar-refractivity contribution < 1.29 is 38.5 Å². The first-order valence-electron chi connectivity index (χ1n) is 14.6. The number of hydrogen-bond acceptors (Lipinski definition) is 9. The molecule has 0 spiro atoms. The van der Waals surface area contributed by atoms with Crippen LogP contribution in [0, 0.1) is 0 Å². The van der Waals surface area contributed by atoms with E-state index >= 15 is 0 Å². The van der Waals surface area contributed by atoms with Crippen molar-refractivity contribution in [3.63, 3.8) is 0 Å². The number of nitrogens with zero attached hydrogens (tertiary/aromatic N) is 1. The van der Waals surface area contributed by atoms with E-state index in [0.717, 1.165) is 17.3 Å². The number of ether oxygens (including phenoxy) is 3. The molecular weight excluding hydrogens is 610 g/mol. The molecule has 1 aliphatic rings. The van der Waals surface area contributed by atoms with Crippen molar-refractivity contribution in [3.8, 4) is 23.0 Å². The maximum atomic E-state index is 13.0. The number of amides is 4. The Hall–Kier alpha value is -4.71. The van der Waals surface area contributed by atoms with Crippen molar-refractivity contribution >= 4 is 46.3 Å². The van der Waals surface area contributed by atoms with Gasteiger partial charge in [0.25, 0.3) is 11.1 Å². The molecule has 0 radical (unpaired) electrons. The van der Waals surface area contributed by atoms with E-state index in [1.807, 2.05) is 20.8 Å². The summed E-state index contributed by atoms with van der Waals surface area (Å²) in [5, 5.41) is 14.6. The molecule has 3 aromatic rings. The van der Waals surface area contributed by atoms with Gasteiger partial charge in [-0.25, -0.2) is 4.79 Å². The predicted octanol–water partition coefficient (Wildman–Crippen LogP) is 6.76. The number of phenols is 1. The zero-order chi connectivity index (χ0) is 33.8. The maximum Gasteiger partial charge on any atom is 0.414 e. The zero-order valence-electron chi connectivity index (χ0n) is 26.9. The monoisotopic (exact) mass is 649 g/mol. The summed E-state index contributed by atoms with van der Waals surface area (Å²) >= 11 is 0.965. The molecule has 0 aromatic heterocycles. The third-order valence-corrected chi connectivity index (χ3v) is 7.75. The van der Waals surface area contributed by atoms with Gasteiger partial charge < -0.3 is 24.6 Å². The number of nitrogens with one attached hydrogen (secondary N) is 2. The van der Waals surface area contributed by atoms with Crippen LogP contribution in [0.15, 0.2) is 60.7 Å². The molecule has 3 aromatic carbocycles. The Labute approximate surface area is 272 Å². The lowest BCUT2D eigenvalue weighted by Gasteiger charge is -2.26. The quantitative estimate of drug-likeness (QED) is 0.229. The SMILES string of the molecule is CN(C(=O)OC(C)(C)C)c1cc(Oc2ccc(O)c(C(C)(C)C)c2)ccc1NC(=O)COc1ccc(CC2SC(=O)NC2=O)cc1. The van der Waals surface area contributed by atoms with Crippen molar-refractivity contribution in [3.05, 3.63) is 71.8 Å². The Kier molecular flexibility index (Phi) is 10.2. The number of imide groups is 1. The highest BCUT2D eigenvalue weighted by Crippen LogP contribution is 2.37. The fraction of sp³-hybridized carbons (Fsp3) is 0.353. The Bertz CT molecular complexity index is 1630. The molecule has 0 bridgehead atoms. The summed E-state index contributed by atoms with van der Waals surface area (Å²) < 4.78 is 17.3. The average molecular weight is 650 g/mol. The highest BCUT2D eigenvalue weighted by Gasteiger charge is 2.31. The normalized spacial score (nSPS) is 14.8. The van der Waals surface area contributed by atoms with Crippen molar-refractivity contribution in [2.24, 2.45) is 0 Å². The summed E-state index contributed by atoms with van der Waals surface area (Å²) in [4.78, 5) is 50.5. The minimum atomic E-state index is -0.749. The molecule has 1 saturated heterocycles. The van der Waals surface area contributed by atoms with E-state index in [0.29, 0.717) is 40.6 Å². The number of rotatable bonds is 9. The smallest absolute Gasteiger partial charge is 0.414 e. The van der Waals surface area contributed by atoms with Gasteiger partial charge in [0.15, 0.2) is 6.61 Å². The summed E-state index contributed by atoms with van der Waals surface area (Å²) in [6.45, 7) is 10.9. The number of anilines is 2. The second-order valence-electron chi connectivity index (χ2n) is 12.8. The molecule has 244 valence electrons. The first kappa shape index (κ1) is 34.2. The topological polar surface area (TPSA) is 144 Å². The molecule has 1 aliphatic heterocycles. The summed E-state index contributed by atoms with van der Waals surface area (Å²) in [6, 6.07) is 16.8. The van der Waals surface area contributed by atoms with Gasteiger partial charge in [-0.2, -0.15) is 0 Å². The second-order valence-corrected chi connectivity index (χ2v) is 14.0. The van der Waals surface area contributed by atoms with E-state index in [2.05, 4.69) is 10.6 Å². The highest BCUT2D eigenvalue weighted by atomic mass is 32.2. The van der Waals surface area contributed by atoms with Crippen LogP contribution in [-0.2, 0) is 26.2 Å². The highest BCUT2D eigenvalue weighted by molar-refractivity contribution is 8.15. The van der Waals surface area contributed by atoms with Crippen molar-refractivity contribution in [2.45, 2.75) is 64.2 Å². The molecule has 1 unspecified atom stereocenters. The van der Waals surface area contributed by atoms with Gasteiger partial charge in [-0.05, 0) is 80.6 Å². The van der Waals surface area contributed by atoms with Gasteiger partial charge in [0.1, 0.15) is 28.6 Å². The number of benzene rings is 3. The van der Waals surface area contributed by atoms with Crippen molar-refractivity contribution in [1.82, 2.24) is 5.32 Å². The molecule has 1 atom stereocenters. The molecule has 1 fully saturated rings. The Morgan fingerprint density at radius 3 is 2.17 bits per heavy atom.